The maximum Gasteiger partial charge on any atom is 0.164 e. The predicted octanol–water partition coefficient (Wildman–Crippen LogP) is 3.88. The summed E-state index contributed by atoms with van der Waals surface area (Å²) in [5.74, 6) is 2.26. The summed E-state index contributed by atoms with van der Waals surface area (Å²) >= 11 is 0. The highest BCUT2D eigenvalue weighted by Gasteiger charge is 2.31. The molecule has 4 aromatic rings. The molecule has 37 heavy (non-hydrogen) atoms. The SMILES string of the molecule is Cc1ccc(Cc2ccc(-c3nn(C4CCC(N5CCN(C)CC5)CC4)c4ncnc(N)c34)c(N)c2)o1. The van der Waals surface area contributed by atoms with Crippen LogP contribution in [-0.4, -0.2) is 68.8 Å². The molecule has 2 fully saturated rings. The van der Waals surface area contributed by atoms with Crippen molar-refractivity contribution in [3.05, 3.63) is 53.7 Å². The Hall–Kier alpha value is -3.43. The fourth-order valence-corrected chi connectivity index (χ4v) is 6.01. The Kier molecular flexibility index (Phi) is 6.34. The Morgan fingerprint density at radius 3 is 2.41 bits per heavy atom. The summed E-state index contributed by atoms with van der Waals surface area (Å²) in [6.07, 6.45) is 6.73. The maximum absolute atomic E-state index is 6.58. The number of furan rings is 1. The van der Waals surface area contributed by atoms with E-state index in [-0.39, 0.29) is 6.04 Å². The maximum atomic E-state index is 6.58. The summed E-state index contributed by atoms with van der Waals surface area (Å²) in [7, 11) is 2.21. The first kappa shape index (κ1) is 23.9. The van der Waals surface area contributed by atoms with E-state index in [1.54, 1.807) is 0 Å². The lowest BCUT2D eigenvalue weighted by Crippen LogP contribution is -2.49. The molecule has 4 heterocycles. The Bertz CT molecular complexity index is 1390. The third-order valence-electron chi connectivity index (χ3n) is 8.13. The van der Waals surface area contributed by atoms with E-state index < -0.39 is 0 Å². The van der Waals surface area contributed by atoms with Gasteiger partial charge in [0.15, 0.2) is 5.65 Å². The zero-order valence-electron chi connectivity index (χ0n) is 21.7. The topological polar surface area (TPSA) is 115 Å². The normalized spacial score (nSPS) is 21.6. The molecule has 0 bridgehead atoms. The van der Waals surface area contributed by atoms with Gasteiger partial charge in [-0.15, -0.1) is 0 Å². The third kappa shape index (κ3) is 4.69. The van der Waals surface area contributed by atoms with Gasteiger partial charge in [-0.25, -0.2) is 14.6 Å². The fraction of sp³-hybridized carbons (Fsp3) is 0.464. The van der Waals surface area contributed by atoms with Gasteiger partial charge in [-0.05, 0) is 63.4 Å². The number of rotatable bonds is 5. The number of anilines is 2. The van der Waals surface area contributed by atoms with Gasteiger partial charge in [-0.2, -0.15) is 5.10 Å². The molecule has 6 rings (SSSR count). The molecular weight excluding hydrogens is 464 g/mol. The molecule has 9 heteroatoms. The average molecular weight is 501 g/mol. The molecule has 0 atom stereocenters. The van der Waals surface area contributed by atoms with Crippen molar-refractivity contribution in [3.63, 3.8) is 0 Å². The third-order valence-corrected chi connectivity index (χ3v) is 8.13. The Morgan fingerprint density at radius 1 is 0.946 bits per heavy atom. The van der Waals surface area contributed by atoms with Crippen LogP contribution in [0.2, 0.25) is 0 Å². The zero-order valence-corrected chi connectivity index (χ0v) is 21.7. The van der Waals surface area contributed by atoms with Gasteiger partial charge in [0.2, 0.25) is 0 Å². The monoisotopic (exact) mass is 500 g/mol. The van der Waals surface area contributed by atoms with E-state index in [0.29, 0.717) is 24.0 Å². The number of nitrogens with zero attached hydrogens (tertiary/aromatic N) is 6. The number of nitrogen functional groups attached to an aromatic ring is 2. The van der Waals surface area contributed by atoms with Crippen LogP contribution in [0, 0.1) is 6.92 Å². The van der Waals surface area contributed by atoms with E-state index in [1.807, 2.05) is 31.2 Å². The molecule has 1 aromatic carbocycles. The number of aromatic nitrogens is 4. The number of fused-ring (bicyclic) bond motifs is 1. The van der Waals surface area contributed by atoms with E-state index in [0.717, 1.165) is 65.3 Å². The minimum absolute atomic E-state index is 0.289. The lowest BCUT2D eigenvalue weighted by Gasteiger charge is -2.41. The minimum Gasteiger partial charge on any atom is -0.466 e. The first-order valence-corrected chi connectivity index (χ1v) is 13.3. The first-order valence-electron chi connectivity index (χ1n) is 13.3. The molecule has 1 aliphatic carbocycles. The number of likely N-dealkylation sites (N-methyl/N-ethyl adjacent to an activating group) is 1. The summed E-state index contributed by atoms with van der Waals surface area (Å²) in [5.41, 5.74) is 17.1. The number of benzene rings is 1. The van der Waals surface area contributed by atoms with Crippen LogP contribution in [0.1, 0.15) is 48.8 Å². The molecule has 194 valence electrons. The molecule has 2 aliphatic rings. The zero-order chi connectivity index (χ0) is 25.5. The number of hydrogen-bond acceptors (Lipinski definition) is 8. The van der Waals surface area contributed by atoms with Crippen LogP contribution in [0.4, 0.5) is 11.5 Å². The molecule has 0 spiro atoms. The Morgan fingerprint density at radius 2 is 1.70 bits per heavy atom. The smallest absolute Gasteiger partial charge is 0.164 e. The van der Waals surface area contributed by atoms with E-state index in [2.05, 4.69) is 37.6 Å². The second kappa shape index (κ2) is 9.79. The van der Waals surface area contributed by atoms with Crippen molar-refractivity contribution >= 4 is 22.5 Å². The predicted molar refractivity (Wildman–Crippen MR) is 146 cm³/mol. The fourth-order valence-electron chi connectivity index (χ4n) is 6.01. The first-order chi connectivity index (χ1) is 18.0. The van der Waals surface area contributed by atoms with E-state index >= 15 is 0 Å². The number of nitrogens with two attached hydrogens (primary N) is 2. The van der Waals surface area contributed by atoms with Crippen LogP contribution in [-0.2, 0) is 6.42 Å². The van der Waals surface area contributed by atoms with Crippen LogP contribution < -0.4 is 11.5 Å². The molecule has 0 amide bonds. The van der Waals surface area contributed by atoms with Crippen LogP contribution in [0.5, 0.6) is 0 Å². The molecule has 1 aliphatic heterocycles. The summed E-state index contributed by atoms with van der Waals surface area (Å²) < 4.78 is 7.83. The van der Waals surface area contributed by atoms with Crippen molar-refractivity contribution in [2.75, 3.05) is 44.7 Å². The van der Waals surface area contributed by atoms with Crippen molar-refractivity contribution in [2.24, 2.45) is 0 Å². The molecule has 0 unspecified atom stereocenters. The number of hydrogen-bond donors (Lipinski definition) is 2. The second-order valence-electron chi connectivity index (χ2n) is 10.7. The van der Waals surface area contributed by atoms with E-state index in [4.69, 9.17) is 21.0 Å². The van der Waals surface area contributed by atoms with Gasteiger partial charge in [0.05, 0.1) is 11.4 Å². The van der Waals surface area contributed by atoms with Gasteiger partial charge < -0.3 is 20.8 Å². The van der Waals surface area contributed by atoms with Crippen molar-refractivity contribution in [3.8, 4) is 11.3 Å². The average Bonchev–Trinajstić information content (AvgIpc) is 3.49. The summed E-state index contributed by atoms with van der Waals surface area (Å²) in [4.78, 5) is 14.0. The van der Waals surface area contributed by atoms with Gasteiger partial charge in [0, 0.05) is 49.9 Å². The number of aryl methyl sites for hydroxylation is 1. The van der Waals surface area contributed by atoms with Gasteiger partial charge in [-0.1, -0.05) is 12.1 Å². The highest BCUT2D eigenvalue weighted by atomic mass is 16.3. The summed E-state index contributed by atoms with van der Waals surface area (Å²) in [6, 6.07) is 11.0. The van der Waals surface area contributed by atoms with Crippen molar-refractivity contribution < 1.29 is 4.42 Å². The largest absolute Gasteiger partial charge is 0.466 e. The van der Waals surface area contributed by atoms with Gasteiger partial charge in [-0.3, -0.25) is 4.90 Å². The molecule has 4 N–H and O–H groups in total. The highest BCUT2D eigenvalue weighted by Crippen LogP contribution is 2.38. The van der Waals surface area contributed by atoms with E-state index in [9.17, 15) is 0 Å². The number of piperazine rings is 1. The summed E-state index contributed by atoms with van der Waals surface area (Å²) in [6.45, 7) is 6.60. The molecule has 0 radical (unpaired) electrons. The molecule has 1 saturated heterocycles. The van der Waals surface area contributed by atoms with Crippen LogP contribution >= 0.6 is 0 Å². The minimum atomic E-state index is 0.289. The van der Waals surface area contributed by atoms with Gasteiger partial charge >= 0.3 is 0 Å². The second-order valence-corrected chi connectivity index (χ2v) is 10.7. The van der Waals surface area contributed by atoms with Gasteiger partial charge in [0.25, 0.3) is 0 Å². The summed E-state index contributed by atoms with van der Waals surface area (Å²) in [5, 5.41) is 5.87. The van der Waals surface area contributed by atoms with E-state index in [1.165, 1.54) is 32.3 Å². The quantitative estimate of drug-likeness (QED) is 0.397. The lowest BCUT2D eigenvalue weighted by molar-refractivity contribution is 0.0815. The molecule has 9 nitrogen and oxygen atoms in total. The Labute approximate surface area is 217 Å². The molecule has 1 saturated carbocycles. The lowest BCUT2D eigenvalue weighted by atomic mass is 9.90. The van der Waals surface area contributed by atoms with Gasteiger partial charge in [0.1, 0.15) is 29.4 Å². The Balaban J connectivity index is 1.27. The van der Waals surface area contributed by atoms with Crippen molar-refractivity contribution in [1.82, 2.24) is 29.5 Å². The van der Waals surface area contributed by atoms with Crippen molar-refractivity contribution in [2.45, 2.75) is 51.1 Å². The molecule has 3 aromatic heterocycles. The van der Waals surface area contributed by atoms with Crippen molar-refractivity contribution in [1.29, 1.82) is 0 Å². The van der Waals surface area contributed by atoms with Crippen LogP contribution in [0.3, 0.4) is 0 Å². The standard InChI is InChI=1S/C28H36N8O/c1-18-3-9-22(37-18)15-19-4-10-23(24(29)16-19)26-25-27(30)31-17-32-28(25)36(33-26)21-7-5-20(6-8-21)35-13-11-34(2)12-14-35/h3-4,9-10,16-17,20-21H,5-8,11-15,29H2,1-2H3,(H2,30,31,32). The highest BCUT2D eigenvalue weighted by molar-refractivity contribution is 6.00. The van der Waals surface area contributed by atoms with Crippen LogP contribution in [0.25, 0.3) is 22.3 Å². The molecular formula is C28H36N8O. The van der Waals surface area contributed by atoms with Crippen LogP contribution in [0.15, 0.2) is 41.1 Å².